The molecule has 0 bridgehead atoms. The maximum absolute atomic E-state index is 11.3. The third-order valence-electron chi connectivity index (χ3n) is 2.87. The number of benzene rings is 1. The summed E-state index contributed by atoms with van der Waals surface area (Å²) in [6, 6.07) is 5.59. The van der Waals surface area contributed by atoms with Crippen molar-refractivity contribution in [2.24, 2.45) is 5.73 Å². The van der Waals surface area contributed by atoms with E-state index in [0.29, 0.717) is 5.56 Å². The first-order chi connectivity index (χ1) is 8.59. The third kappa shape index (κ3) is 2.51. The lowest BCUT2D eigenvalue weighted by Crippen LogP contribution is -2.15. The molecule has 3 N–H and O–H groups in total. The van der Waals surface area contributed by atoms with Crippen molar-refractivity contribution in [2.75, 3.05) is 5.32 Å². The molecule has 0 aliphatic heterocycles. The van der Waals surface area contributed by atoms with Gasteiger partial charge >= 0.3 is 0 Å². The lowest BCUT2D eigenvalue weighted by atomic mass is 10.1. The summed E-state index contributed by atoms with van der Waals surface area (Å²) >= 11 is 1.57. The normalized spacial score (nSPS) is 12.1. The van der Waals surface area contributed by atoms with Crippen molar-refractivity contribution in [1.82, 2.24) is 4.98 Å². The van der Waals surface area contributed by atoms with E-state index < -0.39 is 5.91 Å². The van der Waals surface area contributed by atoms with E-state index in [1.54, 1.807) is 22.9 Å². The molecule has 1 unspecified atom stereocenters. The Labute approximate surface area is 110 Å². The van der Waals surface area contributed by atoms with Crippen LogP contribution in [-0.2, 0) is 0 Å². The van der Waals surface area contributed by atoms with E-state index in [1.165, 1.54) is 0 Å². The van der Waals surface area contributed by atoms with Crippen LogP contribution >= 0.6 is 11.3 Å². The number of carbonyl (C=O) groups is 1. The van der Waals surface area contributed by atoms with E-state index >= 15 is 0 Å². The Morgan fingerprint density at radius 2 is 2.28 bits per heavy atom. The highest BCUT2D eigenvalue weighted by Crippen LogP contribution is 2.24. The van der Waals surface area contributed by atoms with Crippen molar-refractivity contribution in [3.8, 4) is 0 Å². The van der Waals surface area contributed by atoms with Gasteiger partial charge in [-0.15, -0.1) is 11.3 Å². The fourth-order valence-electron chi connectivity index (χ4n) is 1.80. The molecule has 0 radical (unpaired) electrons. The van der Waals surface area contributed by atoms with Crippen molar-refractivity contribution in [2.45, 2.75) is 19.9 Å². The summed E-state index contributed by atoms with van der Waals surface area (Å²) in [6.07, 6.45) is 0. The quantitative estimate of drug-likeness (QED) is 0.889. The molecule has 0 aliphatic carbocycles. The molecule has 0 aliphatic rings. The lowest BCUT2D eigenvalue weighted by Gasteiger charge is -2.16. The number of rotatable bonds is 4. The molecule has 1 amide bonds. The number of primary amides is 1. The number of nitrogens with two attached hydrogens (primary N) is 1. The number of anilines is 1. The second-order valence-electron chi connectivity index (χ2n) is 4.12. The number of hydrogen-bond donors (Lipinski definition) is 2. The molecule has 94 valence electrons. The average Bonchev–Trinajstić information content (AvgIpc) is 2.85. The highest BCUT2D eigenvalue weighted by Gasteiger charge is 2.12. The highest BCUT2D eigenvalue weighted by atomic mass is 32.1. The number of thiazole rings is 1. The summed E-state index contributed by atoms with van der Waals surface area (Å²) in [5.74, 6) is -0.405. The van der Waals surface area contributed by atoms with E-state index in [4.69, 9.17) is 5.73 Å². The first-order valence-corrected chi connectivity index (χ1v) is 6.58. The van der Waals surface area contributed by atoms with Crippen LogP contribution in [0.25, 0.3) is 0 Å². The van der Waals surface area contributed by atoms with E-state index in [-0.39, 0.29) is 6.04 Å². The van der Waals surface area contributed by atoms with Gasteiger partial charge in [-0.3, -0.25) is 4.79 Å². The van der Waals surface area contributed by atoms with Gasteiger partial charge in [-0.25, -0.2) is 4.98 Å². The van der Waals surface area contributed by atoms with Crippen LogP contribution in [0.5, 0.6) is 0 Å². The number of nitrogens with zero attached hydrogens (tertiary/aromatic N) is 1. The van der Waals surface area contributed by atoms with Gasteiger partial charge in [-0.1, -0.05) is 6.07 Å². The van der Waals surface area contributed by atoms with Crippen molar-refractivity contribution < 1.29 is 4.79 Å². The maximum atomic E-state index is 11.3. The zero-order valence-electron chi connectivity index (χ0n) is 10.3. The van der Waals surface area contributed by atoms with Gasteiger partial charge in [0.1, 0.15) is 0 Å². The van der Waals surface area contributed by atoms with Gasteiger partial charge in [0, 0.05) is 16.6 Å². The minimum Gasteiger partial charge on any atom is -0.377 e. The van der Waals surface area contributed by atoms with Gasteiger partial charge in [0.2, 0.25) is 5.91 Å². The van der Waals surface area contributed by atoms with Crippen LogP contribution in [0, 0.1) is 6.92 Å². The Morgan fingerprint density at radius 1 is 1.50 bits per heavy atom. The van der Waals surface area contributed by atoms with Crippen molar-refractivity contribution >= 4 is 22.9 Å². The molecule has 2 aromatic rings. The summed E-state index contributed by atoms with van der Waals surface area (Å²) < 4.78 is 0. The maximum Gasteiger partial charge on any atom is 0.249 e. The SMILES string of the molecule is Cc1c(NC(C)c2cscn2)cccc1C(N)=O. The van der Waals surface area contributed by atoms with Crippen LogP contribution in [0.15, 0.2) is 29.1 Å². The van der Waals surface area contributed by atoms with Gasteiger partial charge < -0.3 is 11.1 Å². The van der Waals surface area contributed by atoms with Crippen LogP contribution < -0.4 is 11.1 Å². The zero-order valence-corrected chi connectivity index (χ0v) is 11.1. The van der Waals surface area contributed by atoms with E-state index in [9.17, 15) is 4.79 Å². The monoisotopic (exact) mass is 261 g/mol. The Kier molecular flexibility index (Phi) is 3.62. The molecule has 1 aromatic carbocycles. The van der Waals surface area contributed by atoms with Gasteiger partial charge in [0.25, 0.3) is 0 Å². The fourth-order valence-corrected chi connectivity index (χ4v) is 2.45. The topological polar surface area (TPSA) is 68.0 Å². The molecule has 0 fully saturated rings. The van der Waals surface area contributed by atoms with Crippen LogP contribution in [0.3, 0.4) is 0 Å². The van der Waals surface area contributed by atoms with Crippen molar-refractivity contribution in [1.29, 1.82) is 0 Å². The van der Waals surface area contributed by atoms with E-state index in [2.05, 4.69) is 10.3 Å². The highest BCUT2D eigenvalue weighted by molar-refractivity contribution is 7.07. The molecule has 5 heteroatoms. The minimum absolute atomic E-state index is 0.0954. The molecule has 1 aromatic heterocycles. The minimum atomic E-state index is -0.405. The summed E-state index contributed by atoms with van der Waals surface area (Å²) in [7, 11) is 0. The Hall–Kier alpha value is -1.88. The number of amides is 1. The Balaban J connectivity index is 2.24. The van der Waals surface area contributed by atoms with Crippen LogP contribution in [-0.4, -0.2) is 10.9 Å². The average molecular weight is 261 g/mol. The number of aromatic nitrogens is 1. The molecule has 4 nitrogen and oxygen atoms in total. The van der Waals surface area contributed by atoms with E-state index in [0.717, 1.165) is 16.9 Å². The first-order valence-electron chi connectivity index (χ1n) is 5.63. The second kappa shape index (κ2) is 5.18. The zero-order chi connectivity index (χ0) is 13.1. The van der Waals surface area contributed by atoms with Crippen LogP contribution in [0.2, 0.25) is 0 Å². The standard InChI is InChI=1S/C13H15N3OS/c1-8-10(13(14)17)4-3-5-11(8)16-9(2)12-6-18-7-15-12/h3-7,9,16H,1-2H3,(H2,14,17). The molecule has 18 heavy (non-hydrogen) atoms. The second-order valence-corrected chi connectivity index (χ2v) is 4.84. The van der Waals surface area contributed by atoms with E-state index in [1.807, 2.05) is 31.4 Å². The third-order valence-corrected chi connectivity index (χ3v) is 3.47. The molecule has 0 saturated carbocycles. The lowest BCUT2D eigenvalue weighted by molar-refractivity contribution is 0.1000. The summed E-state index contributed by atoms with van der Waals surface area (Å²) in [4.78, 5) is 15.5. The number of nitrogens with one attached hydrogen (secondary N) is 1. The van der Waals surface area contributed by atoms with Crippen LogP contribution in [0.4, 0.5) is 5.69 Å². The Bertz CT molecular complexity index is 551. The van der Waals surface area contributed by atoms with Crippen molar-refractivity contribution in [3.63, 3.8) is 0 Å². The summed E-state index contributed by atoms with van der Waals surface area (Å²) in [5, 5.41) is 5.35. The molecule has 2 rings (SSSR count). The summed E-state index contributed by atoms with van der Waals surface area (Å²) in [6.45, 7) is 3.92. The molecule has 0 saturated heterocycles. The number of hydrogen-bond acceptors (Lipinski definition) is 4. The first kappa shape index (κ1) is 12.6. The molecule has 0 spiro atoms. The van der Waals surface area contributed by atoms with Gasteiger partial charge in [-0.2, -0.15) is 0 Å². The fraction of sp³-hybridized carbons (Fsp3) is 0.231. The van der Waals surface area contributed by atoms with Crippen LogP contribution in [0.1, 0.15) is 34.6 Å². The van der Waals surface area contributed by atoms with Gasteiger partial charge in [-0.05, 0) is 31.5 Å². The van der Waals surface area contributed by atoms with Gasteiger partial charge in [0.15, 0.2) is 0 Å². The predicted octanol–water partition coefficient (Wildman–Crippen LogP) is 2.72. The summed E-state index contributed by atoms with van der Waals surface area (Å²) in [5.41, 5.74) is 10.5. The predicted molar refractivity (Wildman–Crippen MR) is 73.8 cm³/mol. The molecule has 1 atom stereocenters. The Morgan fingerprint density at radius 3 is 2.89 bits per heavy atom. The number of carbonyl (C=O) groups excluding carboxylic acids is 1. The molecular formula is C13H15N3OS. The smallest absolute Gasteiger partial charge is 0.249 e. The van der Waals surface area contributed by atoms with Gasteiger partial charge in [0.05, 0.1) is 17.2 Å². The van der Waals surface area contributed by atoms with Crippen molar-refractivity contribution in [3.05, 3.63) is 45.9 Å². The molecule has 1 heterocycles. The molecular weight excluding hydrogens is 246 g/mol. The largest absolute Gasteiger partial charge is 0.377 e.